The summed E-state index contributed by atoms with van der Waals surface area (Å²) in [6.07, 6.45) is 6.20. The predicted octanol–water partition coefficient (Wildman–Crippen LogP) is 3.66. The lowest BCUT2D eigenvalue weighted by molar-refractivity contribution is -0.119. The second-order valence-corrected chi connectivity index (χ2v) is 5.46. The van der Waals surface area contributed by atoms with Gasteiger partial charge in [0.2, 0.25) is 0 Å². The molecule has 2 heteroatoms. The zero-order valence-corrected chi connectivity index (χ0v) is 11.6. The summed E-state index contributed by atoms with van der Waals surface area (Å²) >= 11 is 0. The van der Waals surface area contributed by atoms with E-state index in [-0.39, 0.29) is 0 Å². The maximum Gasteiger partial charge on any atom is 0.137 e. The van der Waals surface area contributed by atoms with E-state index in [0.717, 1.165) is 12.0 Å². The van der Waals surface area contributed by atoms with Gasteiger partial charge in [0.05, 0.1) is 5.60 Å². The van der Waals surface area contributed by atoms with Crippen LogP contribution in [0.4, 0.5) is 0 Å². The zero-order valence-electron chi connectivity index (χ0n) is 11.6. The third kappa shape index (κ3) is 8.87. The van der Waals surface area contributed by atoms with Gasteiger partial charge in [0.15, 0.2) is 0 Å². The molecule has 0 aromatic carbocycles. The summed E-state index contributed by atoms with van der Waals surface area (Å²) in [7, 11) is 0. The monoisotopic (exact) mass is 238 g/mol. The standard InChI is InChI=1S/C15H26O2/c1-6-15(5,17)9-7-8-13(4)11-14(16)10-12(2)3/h6,8,12,17H,1,7,9-11H2,2-5H3/b13-8+. The molecule has 0 saturated heterocycles. The van der Waals surface area contributed by atoms with Gasteiger partial charge in [-0.3, -0.25) is 4.79 Å². The zero-order chi connectivity index (χ0) is 13.5. The highest BCUT2D eigenvalue weighted by molar-refractivity contribution is 5.80. The van der Waals surface area contributed by atoms with Gasteiger partial charge in [0.1, 0.15) is 5.78 Å². The Bertz CT molecular complexity index is 285. The van der Waals surface area contributed by atoms with Crippen LogP contribution in [-0.2, 0) is 4.79 Å². The van der Waals surface area contributed by atoms with Gasteiger partial charge in [-0.15, -0.1) is 6.58 Å². The third-order valence-electron chi connectivity index (χ3n) is 2.69. The molecule has 0 bridgehead atoms. The fourth-order valence-corrected chi connectivity index (χ4v) is 1.62. The predicted molar refractivity (Wildman–Crippen MR) is 72.9 cm³/mol. The van der Waals surface area contributed by atoms with Crippen molar-refractivity contribution in [1.82, 2.24) is 0 Å². The number of carbonyl (C=O) groups excluding carboxylic acids is 1. The molecule has 1 unspecified atom stereocenters. The molecule has 17 heavy (non-hydrogen) atoms. The molecule has 0 amide bonds. The highest BCUT2D eigenvalue weighted by atomic mass is 16.3. The van der Waals surface area contributed by atoms with E-state index >= 15 is 0 Å². The molecule has 0 radical (unpaired) electrons. The normalized spacial score (nSPS) is 15.8. The van der Waals surface area contributed by atoms with Crippen LogP contribution in [0.1, 0.15) is 53.4 Å². The third-order valence-corrected chi connectivity index (χ3v) is 2.69. The Labute approximate surface area is 105 Å². The van der Waals surface area contributed by atoms with Gasteiger partial charge in [0, 0.05) is 12.8 Å². The molecule has 98 valence electrons. The topological polar surface area (TPSA) is 37.3 Å². The van der Waals surface area contributed by atoms with Gasteiger partial charge in [-0.1, -0.05) is 31.6 Å². The quantitative estimate of drug-likeness (QED) is 0.655. The molecule has 0 spiro atoms. The van der Waals surface area contributed by atoms with Crippen LogP contribution in [0.25, 0.3) is 0 Å². The largest absolute Gasteiger partial charge is 0.386 e. The minimum Gasteiger partial charge on any atom is -0.386 e. The Morgan fingerprint density at radius 2 is 2.06 bits per heavy atom. The van der Waals surface area contributed by atoms with Gasteiger partial charge in [-0.05, 0) is 32.6 Å². The number of ketones is 1. The van der Waals surface area contributed by atoms with Crippen molar-refractivity contribution in [3.8, 4) is 0 Å². The van der Waals surface area contributed by atoms with Gasteiger partial charge < -0.3 is 5.11 Å². The first-order chi connectivity index (χ1) is 7.76. The fourth-order valence-electron chi connectivity index (χ4n) is 1.62. The lowest BCUT2D eigenvalue weighted by atomic mass is 9.98. The maximum absolute atomic E-state index is 11.6. The van der Waals surface area contributed by atoms with Crippen LogP contribution in [0, 0.1) is 5.92 Å². The second kappa shape index (κ2) is 7.44. The van der Waals surface area contributed by atoms with Crippen LogP contribution in [0.2, 0.25) is 0 Å². The maximum atomic E-state index is 11.6. The molecule has 0 rings (SSSR count). The summed E-state index contributed by atoms with van der Waals surface area (Å²) < 4.78 is 0. The van der Waals surface area contributed by atoms with Crippen molar-refractivity contribution in [2.45, 2.75) is 59.0 Å². The highest BCUT2D eigenvalue weighted by Gasteiger charge is 2.13. The lowest BCUT2D eigenvalue weighted by Gasteiger charge is -2.16. The fraction of sp³-hybridized carbons (Fsp3) is 0.667. The van der Waals surface area contributed by atoms with E-state index in [0.29, 0.717) is 31.0 Å². The molecule has 0 aliphatic heterocycles. The van der Waals surface area contributed by atoms with Crippen LogP contribution in [0.15, 0.2) is 24.3 Å². The SMILES string of the molecule is C=CC(C)(O)CC/C=C(\C)CC(=O)CC(C)C. The number of hydrogen-bond donors (Lipinski definition) is 1. The number of allylic oxidation sites excluding steroid dienone is 2. The van der Waals surface area contributed by atoms with Gasteiger partial charge in [0.25, 0.3) is 0 Å². The van der Waals surface area contributed by atoms with Gasteiger partial charge in [-0.25, -0.2) is 0 Å². The van der Waals surface area contributed by atoms with E-state index in [1.165, 1.54) is 0 Å². The molecular formula is C15H26O2. The van der Waals surface area contributed by atoms with Crippen molar-refractivity contribution < 1.29 is 9.90 Å². The first kappa shape index (κ1) is 16.1. The number of Topliss-reactive ketones (excluding diaryl/α,β-unsaturated/α-hetero) is 1. The first-order valence-corrected chi connectivity index (χ1v) is 6.30. The summed E-state index contributed by atoms with van der Waals surface area (Å²) in [5.74, 6) is 0.723. The Morgan fingerprint density at radius 1 is 1.47 bits per heavy atom. The average Bonchev–Trinajstić information content (AvgIpc) is 2.15. The van der Waals surface area contributed by atoms with Crippen LogP contribution in [-0.4, -0.2) is 16.5 Å². The number of carbonyl (C=O) groups is 1. The molecule has 2 nitrogen and oxygen atoms in total. The van der Waals surface area contributed by atoms with E-state index in [4.69, 9.17) is 0 Å². The van der Waals surface area contributed by atoms with E-state index in [1.807, 2.05) is 13.0 Å². The Balaban J connectivity index is 4.02. The molecule has 0 aliphatic carbocycles. The minimum absolute atomic E-state index is 0.296. The molecule has 0 saturated carbocycles. The molecule has 0 aromatic rings. The van der Waals surface area contributed by atoms with Gasteiger partial charge in [-0.2, -0.15) is 0 Å². The molecule has 0 heterocycles. The number of rotatable bonds is 8. The molecule has 1 N–H and O–H groups in total. The van der Waals surface area contributed by atoms with Crippen molar-refractivity contribution in [1.29, 1.82) is 0 Å². The van der Waals surface area contributed by atoms with E-state index in [2.05, 4.69) is 20.4 Å². The summed E-state index contributed by atoms with van der Waals surface area (Å²) in [5, 5.41) is 9.72. The Kier molecular flexibility index (Phi) is 7.05. The van der Waals surface area contributed by atoms with Crippen LogP contribution >= 0.6 is 0 Å². The molecule has 0 aliphatic rings. The summed E-state index contributed by atoms with van der Waals surface area (Å²) in [6.45, 7) is 11.4. The van der Waals surface area contributed by atoms with Gasteiger partial charge >= 0.3 is 0 Å². The second-order valence-electron chi connectivity index (χ2n) is 5.46. The van der Waals surface area contributed by atoms with E-state index in [9.17, 15) is 9.90 Å². The lowest BCUT2D eigenvalue weighted by Crippen LogP contribution is -2.19. The van der Waals surface area contributed by atoms with Crippen molar-refractivity contribution in [3.63, 3.8) is 0 Å². The van der Waals surface area contributed by atoms with E-state index in [1.54, 1.807) is 13.0 Å². The number of aliphatic hydroxyl groups is 1. The van der Waals surface area contributed by atoms with Crippen molar-refractivity contribution >= 4 is 5.78 Å². The summed E-state index contributed by atoms with van der Waals surface area (Å²) in [4.78, 5) is 11.6. The highest BCUT2D eigenvalue weighted by Crippen LogP contribution is 2.15. The van der Waals surface area contributed by atoms with Crippen molar-refractivity contribution in [2.75, 3.05) is 0 Å². The van der Waals surface area contributed by atoms with Crippen molar-refractivity contribution in [2.24, 2.45) is 5.92 Å². The smallest absolute Gasteiger partial charge is 0.137 e. The average molecular weight is 238 g/mol. The minimum atomic E-state index is -0.807. The molecule has 0 fully saturated rings. The number of hydrogen-bond acceptors (Lipinski definition) is 2. The molecule has 0 aromatic heterocycles. The summed E-state index contributed by atoms with van der Waals surface area (Å²) in [5.41, 5.74) is 0.286. The Hall–Kier alpha value is -0.890. The van der Waals surface area contributed by atoms with Crippen LogP contribution < -0.4 is 0 Å². The van der Waals surface area contributed by atoms with Crippen LogP contribution in [0.3, 0.4) is 0 Å². The van der Waals surface area contributed by atoms with Crippen LogP contribution in [0.5, 0.6) is 0 Å². The summed E-state index contributed by atoms with van der Waals surface area (Å²) in [6, 6.07) is 0. The van der Waals surface area contributed by atoms with E-state index < -0.39 is 5.60 Å². The first-order valence-electron chi connectivity index (χ1n) is 6.30. The van der Waals surface area contributed by atoms with Crippen molar-refractivity contribution in [3.05, 3.63) is 24.3 Å². The molecule has 1 atom stereocenters. The molecular weight excluding hydrogens is 212 g/mol. The Morgan fingerprint density at radius 3 is 2.53 bits per heavy atom.